The minimum Gasteiger partial charge on any atom is -0.457 e. The van der Waals surface area contributed by atoms with Crippen LogP contribution in [0.1, 0.15) is 82.3 Å². The van der Waals surface area contributed by atoms with E-state index in [2.05, 4.69) is 138 Å². The number of ether oxygens (including phenoxy) is 1. The third-order valence-corrected chi connectivity index (χ3v) is 9.76. The Morgan fingerprint density at radius 1 is 0.740 bits per heavy atom. The SMILES string of the molecule is Cc1nn(-c2cccc(Oc3ccc4c5cc(CCCCC(C)(C)C)ccc5n(-c5cc(C(C)C)ccn5)c4c3)c2)c(C)c1-c1ccccc1. The molecule has 7 rings (SSSR count). The summed E-state index contributed by atoms with van der Waals surface area (Å²) in [7, 11) is 0. The van der Waals surface area contributed by atoms with Crippen LogP contribution in [0.15, 0.2) is 109 Å². The van der Waals surface area contributed by atoms with Gasteiger partial charge >= 0.3 is 0 Å². The van der Waals surface area contributed by atoms with Crippen molar-refractivity contribution in [1.29, 1.82) is 0 Å². The average molecular weight is 661 g/mol. The van der Waals surface area contributed by atoms with Crippen molar-refractivity contribution in [3.05, 3.63) is 132 Å². The summed E-state index contributed by atoms with van der Waals surface area (Å²) < 4.78 is 10.9. The van der Waals surface area contributed by atoms with Crippen LogP contribution < -0.4 is 4.74 Å². The summed E-state index contributed by atoms with van der Waals surface area (Å²) in [5.41, 5.74) is 10.7. The molecule has 0 saturated heterocycles. The molecular formula is C45H48N4O. The van der Waals surface area contributed by atoms with Crippen molar-refractivity contribution in [2.45, 2.75) is 80.1 Å². The molecule has 5 heteroatoms. The third-order valence-electron chi connectivity index (χ3n) is 9.76. The predicted molar refractivity (Wildman–Crippen MR) is 208 cm³/mol. The van der Waals surface area contributed by atoms with Crippen molar-refractivity contribution in [3.63, 3.8) is 0 Å². The van der Waals surface area contributed by atoms with Crippen molar-refractivity contribution >= 4 is 21.8 Å². The van der Waals surface area contributed by atoms with Crippen LogP contribution in [-0.2, 0) is 6.42 Å². The summed E-state index contributed by atoms with van der Waals surface area (Å²) in [6.45, 7) is 15.6. The van der Waals surface area contributed by atoms with Gasteiger partial charge in [-0.15, -0.1) is 0 Å². The van der Waals surface area contributed by atoms with Gasteiger partial charge < -0.3 is 4.74 Å². The second-order valence-corrected chi connectivity index (χ2v) is 15.2. The van der Waals surface area contributed by atoms with Crippen LogP contribution in [0, 0.1) is 19.3 Å². The lowest BCUT2D eigenvalue weighted by Gasteiger charge is -2.17. The summed E-state index contributed by atoms with van der Waals surface area (Å²) in [6, 6.07) is 36.4. The van der Waals surface area contributed by atoms with Gasteiger partial charge in [-0.05, 0) is 110 Å². The Morgan fingerprint density at radius 3 is 2.32 bits per heavy atom. The van der Waals surface area contributed by atoms with Gasteiger partial charge in [0.25, 0.3) is 0 Å². The minimum atomic E-state index is 0.374. The smallest absolute Gasteiger partial charge is 0.137 e. The van der Waals surface area contributed by atoms with E-state index in [4.69, 9.17) is 14.8 Å². The summed E-state index contributed by atoms with van der Waals surface area (Å²) in [5.74, 6) is 2.86. The lowest BCUT2D eigenvalue weighted by Crippen LogP contribution is -2.04. The van der Waals surface area contributed by atoms with E-state index < -0.39 is 0 Å². The molecule has 0 bridgehead atoms. The van der Waals surface area contributed by atoms with Gasteiger partial charge in [-0.25, -0.2) is 9.67 Å². The number of benzene rings is 4. The topological polar surface area (TPSA) is 44.9 Å². The van der Waals surface area contributed by atoms with Crippen molar-refractivity contribution in [2.75, 3.05) is 0 Å². The molecule has 0 N–H and O–H groups in total. The van der Waals surface area contributed by atoms with Gasteiger partial charge in [0.1, 0.15) is 17.3 Å². The van der Waals surface area contributed by atoms with Crippen molar-refractivity contribution in [3.8, 4) is 34.1 Å². The molecule has 0 aliphatic heterocycles. The molecule has 7 aromatic rings. The Bertz CT molecular complexity index is 2280. The van der Waals surface area contributed by atoms with Crippen molar-refractivity contribution in [1.82, 2.24) is 19.3 Å². The minimum absolute atomic E-state index is 0.374. The zero-order valence-corrected chi connectivity index (χ0v) is 30.5. The summed E-state index contributed by atoms with van der Waals surface area (Å²) in [6.07, 6.45) is 6.69. The molecule has 254 valence electrons. The van der Waals surface area contributed by atoms with E-state index in [1.165, 1.54) is 52.3 Å². The molecular weight excluding hydrogens is 613 g/mol. The van der Waals surface area contributed by atoms with Gasteiger partial charge in [-0.1, -0.05) is 83.5 Å². The standard InChI is InChI=1S/C45H48N4O/c1-30(2)35-23-25-46-43(27-35)48-41-22-19-33(14-11-12-24-45(5,6)7)26-40(41)39-21-20-38(29-42(39)48)50-37-18-13-17-36(28-37)49-32(4)44(31(3)47-49)34-15-9-8-10-16-34/h8-10,13,15-23,25-30H,11-12,14,24H2,1-7H3. The third kappa shape index (κ3) is 6.82. The van der Waals surface area contributed by atoms with Crippen LogP contribution in [0.2, 0.25) is 0 Å². The number of nitrogens with zero attached hydrogens (tertiary/aromatic N) is 4. The number of hydrogen-bond acceptors (Lipinski definition) is 3. The van der Waals surface area contributed by atoms with Gasteiger partial charge in [0, 0.05) is 40.4 Å². The molecule has 4 aromatic carbocycles. The maximum Gasteiger partial charge on any atom is 0.137 e. The maximum absolute atomic E-state index is 6.60. The Morgan fingerprint density at radius 2 is 1.54 bits per heavy atom. The van der Waals surface area contributed by atoms with Crippen LogP contribution in [0.5, 0.6) is 11.5 Å². The molecule has 0 saturated carbocycles. The molecule has 50 heavy (non-hydrogen) atoms. The van der Waals surface area contributed by atoms with Gasteiger partial charge in [-0.2, -0.15) is 5.10 Å². The largest absolute Gasteiger partial charge is 0.457 e. The summed E-state index contributed by atoms with van der Waals surface area (Å²) in [5, 5.41) is 7.37. The summed E-state index contributed by atoms with van der Waals surface area (Å²) >= 11 is 0. The highest BCUT2D eigenvalue weighted by molar-refractivity contribution is 6.09. The molecule has 0 aliphatic rings. The van der Waals surface area contributed by atoms with E-state index in [9.17, 15) is 0 Å². The highest BCUT2D eigenvalue weighted by atomic mass is 16.5. The van der Waals surface area contributed by atoms with Crippen LogP contribution in [0.4, 0.5) is 0 Å². The lowest BCUT2D eigenvalue weighted by molar-refractivity contribution is 0.360. The molecule has 0 amide bonds. The van der Waals surface area contributed by atoms with Crippen molar-refractivity contribution < 1.29 is 4.74 Å². The first kappa shape index (κ1) is 33.3. The van der Waals surface area contributed by atoms with E-state index >= 15 is 0 Å². The fraction of sp³-hybridized carbons (Fsp3) is 0.289. The highest BCUT2D eigenvalue weighted by Gasteiger charge is 2.18. The number of aromatic nitrogens is 4. The first-order valence-corrected chi connectivity index (χ1v) is 18.0. The first-order valence-electron chi connectivity index (χ1n) is 18.0. The fourth-order valence-electron chi connectivity index (χ4n) is 7.15. The fourth-order valence-corrected chi connectivity index (χ4v) is 7.15. The highest BCUT2D eigenvalue weighted by Crippen LogP contribution is 2.37. The zero-order chi connectivity index (χ0) is 35.0. The van der Waals surface area contributed by atoms with Crippen LogP contribution in [0.3, 0.4) is 0 Å². The van der Waals surface area contributed by atoms with Crippen LogP contribution >= 0.6 is 0 Å². The Hall–Kier alpha value is -5.16. The molecule has 0 aliphatic carbocycles. The van der Waals surface area contributed by atoms with E-state index in [1.54, 1.807) is 0 Å². The number of hydrogen-bond donors (Lipinski definition) is 0. The number of unbranched alkanes of at least 4 members (excludes halogenated alkanes) is 1. The molecule has 0 atom stereocenters. The second kappa shape index (κ2) is 13.6. The van der Waals surface area contributed by atoms with Gasteiger partial charge in [-0.3, -0.25) is 4.57 Å². The first-order chi connectivity index (χ1) is 24.1. The van der Waals surface area contributed by atoms with E-state index in [0.717, 1.165) is 51.8 Å². The second-order valence-electron chi connectivity index (χ2n) is 15.2. The van der Waals surface area contributed by atoms with Crippen molar-refractivity contribution in [2.24, 2.45) is 5.41 Å². The molecule has 0 unspecified atom stereocenters. The Kier molecular flexibility index (Phi) is 9.09. The normalized spacial score (nSPS) is 12.0. The molecule has 0 spiro atoms. The lowest BCUT2D eigenvalue weighted by atomic mass is 9.89. The monoisotopic (exact) mass is 660 g/mol. The Labute approximate surface area is 296 Å². The van der Waals surface area contributed by atoms with E-state index in [0.29, 0.717) is 11.3 Å². The predicted octanol–water partition coefficient (Wildman–Crippen LogP) is 12.3. The van der Waals surface area contributed by atoms with Gasteiger partial charge in [0.2, 0.25) is 0 Å². The van der Waals surface area contributed by atoms with E-state index in [1.807, 2.05) is 29.1 Å². The molecule has 3 aromatic heterocycles. The quantitative estimate of drug-likeness (QED) is 0.137. The van der Waals surface area contributed by atoms with Crippen LogP contribution in [-0.4, -0.2) is 19.3 Å². The van der Waals surface area contributed by atoms with Gasteiger partial charge in [0.15, 0.2) is 0 Å². The molecule has 0 radical (unpaired) electrons. The maximum atomic E-state index is 6.60. The van der Waals surface area contributed by atoms with E-state index in [-0.39, 0.29) is 0 Å². The molecule has 3 heterocycles. The average Bonchev–Trinajstić information content (AvgIpc) is 3.58. The number of aryl methyl sites for hydroxylation is 2. The number of fused-ring (bicyclic) bond motifs is 3. The zero-order valence-electron chi connectivity index (χ0n) is 30.5. The van der Waals surface area contributed by atoms with Gasteiger partial charge in [0.05, 0.1) is 22.4 Å². The number of pyridine rings is 1. The molecule has 5 nitrogen and oxygen atoms in total. The molecule has 0 fully saturated rings. The number of rotatable bonds is 10. The summed E-state index contributed by atoms with van der Waals surface area (Å²) in [4.78, 5) is 4.88. The Balaban J connectivity index is 1.25. The van der Waals surface area contributed by atoms with Crippen LogP contribution in [0.25, 0.3) is 44.4 Å².